The molecule has 0 amide bonds. The van der Waals surface area contributed by atoms with Crippen LogP contribution in [0, 0.1) is 0 Å². The third-order valence-corrected chi connectivity index (χ3v) is 3.22. The van der Waals surface area contributed by atoms with E-state index in [2.05, 4.69) is 10.3 Å². The van der Waals surface area contributed by atoms with E-state index >= 15 is 0 Å². The van der Waals surface area contributed by atoms with E-state index < -0.39 is 12.0 Å². The van der Waals surface area contributed by atoms with E-state index in [0.717, 1.165) is 23.9 Å². The Kier molecular flexibility index (Phi) is 2.76. The monoisotopic (exact) mass is 245 g/mol. The second-order valence-electron chi connectivity index (χ2n) is 4.72. The van der Waals surface area contributed by atoms with Crippen molar-refractivity contribution in [3.8, 4) is 0 Å². The molecule has 94 valence electrons. The van der Waals surface area contributed by atoms with Crippen molar-refractivity contribution in [2.45, 2.75) is 31.5 Å². The smallest absolute Gasteiger partial charge is 0.322 e. The molecule has 0 unspecified atom stereocenters. The Labute approximate surface area is 104 Å². The highest BCUT2D eigenvalue weighted by molar-refractivity contribution is 5.76. The number of nitrogens with one attached hydrogen (secondary N) is 1. The highest BCUT2D eigenvalue weighted by Crippen LogP contribution is 2.20. The van der Waals surface area contributed by atoms with Crippen LogP contribution in [0.4, 0.5) is 0 Å². The lowest BCUT2D eigenvalue weighted by Crippen LogP contribution is -2.41. The molecule has 1 aliphatic rings. The second-order valence-corrected chi connectivity index (χ2v) is 4.72. The average Bonchev–Trinajstić information content (AvgIpc) is 3.09. The first-order valence-corrected chi connectivity index (χ1v) is 6.13. The molecule has 3 rings (SSSR count). The molecular weight excluding hydrogens is 230 g/mol. The van der Waals surface area contributed by atoms with Gasteiger partial charge >= 0.3 is 5.97 Å². The Morgan fingerprint density at radius 2 is 2.28 bits per heavy atom. The van der Waals surface area contributed by atoms with Crippen LogP contribution in [0.5, 0.6) is 0 Å². The number of hydrogen-bond acceptors (Lipinski definition) is 3. The summed E-state index contributed by atoms with van der Waals surface area (Å²) < 4.78 is 1.89. The number of hydrogen-bond donors (Lipinski definition) is 2. The van der Waals surface area contributed by atoms with E-state index in [1.165, 1.54) is 0 Å². The van der Waals surface area contributed by atoms with Crippen molar-refractivity contribution in [3.63, 3.8) is 0 Å². The normalized spacial score (nSPS) is 16.9. The molecule has 0 aliphatic heterocycles. The number of rotatable bonds is 5. The van der Waals surface area contributed by atoms with Crippen molar-refractivity contribution in [1.82, 2.24) is 14.9 Å². The van der Waals surface area contributed by atoms with Crippen molar-refractivity contribution in [2.24, 2.45) is 0 Å². The minimum absolute atomic E-state index is 0.376. The van der Waals surface area contributed by atoms with Gasteiger partial charge < -0.3 is 15.0 Å². The number of imidazole rings is 1. The van der Waals surface area contributed by atoms with Gasteiger partial charge in [-0.3, -0.25) is 4.79 Å². The van der Waals surface area contributed by atoms with Crippen molar-refractivity contribution >= 4 is 17.0 Å². The molecule has 1 fully saturated rings. The van der Waals surface area contributed by atoms with Crippen LogP contribution in [-0.2, 0) is 11.3 Å². The van der Waals surface area contributed by atoms with E-state index in [1.807, 2.05) is 28.8 Å². The molecule has 1 aliphatic carbocycles. The van der Waals surface area contributed by atoms with E-state index in [9.17, 15) is 9.90 Å². The summed E-state index contributed by atoms with van der Waals surface area (Å²) in [6.45, 7) is 0.409. The highest BCUT2D eigenvalue weighted by atomic mass is 16.4. The molecule has 0 saturated heterocycles. The maximum Gasteiger partial charge on any atom is 0.322 e. The summed E-state index contributed by atoms with van der Waals surface area (Å²) in [5.41, 5.74) is 1.87. The summed E-state index contributed by atoms with van der Waals surface area (Å²) in [6, 6.07) is 7.58. The lowest BCUT2D eigenvalue weighted by Gasteiger charge is -2.15. The number of carboxylic acid groups (broad SMARTS) is 1. The zero-order valence-electron chi connectivity index (χ0n) is 9.91. The highest BCUT2D eigenvalue weighted by Gasteiger charge is 2.28. The summed E-state index contributed by atoms with van der Waals surface area (Å²) in [5, 5.41) is 12.4. The molecule has 0 spiro atoms. The first-order chi connectivity index (χ1) is 8.74. The summed E-state index contributed by atoms with van der Waals surface area (Å²) >= 11 is 0. The van der Waals surface area contributed by atoms with Crippen LogP contribution >= 0.6 is 0 Å². The summed E-state index contributed by atoms with van der Waals surface area (Å²) in [4.78, 5) is 15.5. The van der Waals surface area contributed by atoms with Gasteiger partial charge in [-0.2, -0.15) is 0 Å². The molecule has 1 atom stereocenters. The Morgan fingerprint density at radius 3 is 3.00 bits per heavy atom. The van der Waals surface area contributed by atoms with Gasteiger partial charge in [-0.25, -0.2) is 4.98 Å². The van der Waals surface area contributed by atoms with Crippen LogP contribution in [0.3, 0.4) is 0 Å². The largest absolute Gasteiger partial charge is 0.480 e. The average molecular weight is 245 g/mol. The van der Waals surface area contributed by atoms with Crippen molar-refractivity contribution in [2.75, 3.05) is 0 Å². The SMILES string of the molecule is O=C(O)[C@@H](Cn1cnc2ccccc21)NC1CC1. The van der Waals surface area contributed by atoms with Gasteiger partial charge in [-0.1, -0.05) is 12.1 Å². The minimum atomic E-state index is -0.806. The molecular formula is C13H15N3O2. The van der Waals surface area contributed by atoms with Gasteiger partial charge in [0.15, 0.2) is 0 Å². The van der Waals surface area contributed by atoms with Crippen LogP contribution < -0.4 is 5.32 Å². The predicted molar refractivity (Wildman–Crippen MR) is 67.3 cm³/mol. The molecule has 1 heterocycles. The third-order valence-electron chi connectivity index (χ3n) is 3.22. The zero-order valence-corrected chi connectivity index (χ0v) is 9.91. The second kappa shape index (κ2) is 4.42. The lowest BCUT2D eigenvalue weighted by molar-refractivity contribution is -0.139. The van der Waals surface area contributed by atoms with Crippen molar-refractivity contribution in [3.05, 3.63) is 30.6 Å². The molecule has 1 aromatic heterocycles. The van der Waals surface area contributed by atoms with Gasteiger partial charge in [0, 0.05) is 6.04 Å². The molecule has 0 radical (unpaired) electrons. The van der Waals surface area contributed by atoms with Gasteiger partial charge in [0.25, 0.3) is 0 Å². The number of aromatic nitrogens is 2. The van der Waals surface area contributed by atoms with Crippen molar-refractivity contribution < 1.29 is 9.90 Å². The first-order valence-electron chi connectivity index (χ1n) is 6.13. The fourth-order valence-corrected chi connectivity index (χ4v) is 2.09. The van der Waals surface area contributed by atoms with Crippen LogP contribution in [0.2, 0.25) is 0 Å². The quantitative estimate of drug-likeness (QED) is 0.831. The standard InChI is InChI=1S/C13H15N3O2/c17-13(18)11(15-9-5-6-9)7-16-8-14-10-3-1-2-4-12(10)16/h1-4,8-9,11,15H,5-7H2,(H,17,18)/t11-/m1/s1. The summed E-state index contributed by atoms with van der Waals surface area (Å²) in [7, 11) is 0. The molecule has 5 nitrogen and oxygen atoms in total. The number of nitrogens with zero attached hydrogens (tertiary/aromatic N) is 2. The number of para-hydroxylation sites is 2. The van der Waals surface area contributed by atoms with Crippen LogP contribution in [-0.4, -0.2) is 32.7 Å². The summed E-state index contributed by atoms with van der Waals surface area (Å²) in [5.74, 6) is -0.806. The van der Waals surface area contributed by atoms with Gasteiger partial charge in [-0.15, -0.1) is 0 Å². The molecule has 2 aromatic rings. The number of benzene rings is 1. The molecule has 18 heavy (non-hydrogen) atoms. The predicted octanol–water partition coefficient (Wildman–Crippen LogP) is 1.24. The number of carboxylic acids is 1. The number of carbonyl (C=O) groups is 1. The maximum atomic E-state index is 11.2. The van der Waals surface area contributed by atoms with Gasteiger partial charge in [0.2, 0.25) is 0 Å². The molecule has 1 aromatic carbocycles. The van der Waals surface area contributed by atoms with Crippen LogP contribution in [0.25, 0.3) is 11.0 Å². The molecule has 5 heteroatoms. The maximum absolute atomic E-state index is 11.2. The van der Waals surface area contributed by atoms with Crippen LogP contribution in [0.1, 0.15) is 12.8 Å². The topological polar surface area (TPSA) is 67.1 Å². The van der Waals surface area contributed by atoms with E-state index in [0.29, 0.717) is 12.6 Å². The fourth-order valence-electron chi connectivity index (χ4n) is 2.09. The Hall–Kier alpha value is -1.88. The Morgan fingerprint density at radius 1 is 1.50 bits per heavy atom. The van der Waals surface area contributed by atoms with E-state index in [4.69, 9.17) is 0 Å². The zero-order chi connectivity index (χ0) is 12.5. The third kappa shape index (κ3) is 2.22. The van der Waals surface area contributed by atoms with Gasteiger partial charge in [0.05, 0.1) is 23.9 Å². The molecule has 1 saturated carbocycles. The number of fused-ring (bicyclic) bond motifs is 1. The van der Waals surface area contributed by atoms with Gasteiger partial charge in [-0.05, 0) is 25.0 Å². The lowest BCUT2D eigenvalue weighted by atomic mass is 10.2. The first kappa shape index (κ1) is 11.2. The van der Waals surface area contributed by atoms with Gasteiger partial charge in [0.1, 0.15) is 6.04 Å². The Bertz CT molecular complexity index is 574. The Balaban J connectivity index is 1.82. The van der Waals surface area contributed by atoms with E-state index in [1.54, 1.807) is 6.33 Å². The number of aliphatic carboxylic acids is 1. The molecule has 2 N–H and O–H groups in total. The molecule has 0 bridgehead atoms. The summed E-state index contributed by atoms with van der Waals surface area (Å²) in [6.07, 6.45) is 3.86. The van der Waals surface area contributed by atoms with Crippen LogP contribution in [0.15, 0.2) is 30.6 Å². The van der Waals surface area contributed by atoms with Crippen molar-refractivity contribution in [1.29, 1.82) is 0 Å². The fraction of sp³-hybridized carbons (Fsp3) is 0.385. The van der Waals surface area contributed by atoms with E-state index in [-0.39, 0.29) is 0 Å². The minimum Gasteiger partial charge on any atom is -0.480 e.